The first kappa shape index (κ1) is 13.5. The highest BCUT2D eigenvalue weighted by atomic mass is 32.1. The molecule has 98 valence electrons. The number of anilines is 2. The maximum atomic E-state index is 11.9. The number of amides is 2. The van der Waals surface area contributed by atoms with Crippen LogP contribution in [0.5, 0.6) is 0 Å². The Morgan fingerprint density at radius 1 is 1.00 bits per heavy atom. The summed E-state index contributed by atoms with van der Waals surface area (Å²) in [6, 6.07) is 13.0. The Balaban J connectivity index is 2.08. The first-order valence-corrected chi connectivity index (χ1v) is 6.44. The monoisotopic (exact) mass is 272 g/mol. The van der Waals surface area contributed by atoms with E-state index < -0.39 is 0 Å². The Morgan fingerprint density at radius 2 is 1.68 bits per heavy atom. The molecular formula is C15H16N2OS. The molecule has 0 spiro atoms. The lowest BCUT2D eigenvalue weighted by Crippen LogP contribution is -2.20. The van der Waals surface area contributed by atoms with E-state index in [1.165, 1.54) is 5.56 Å². The molecule has 2 aromatic rings. The Kier molecular flexibility index (Phi) is 4.12. The topological polar surface area (TPSA) is 41.1 Å². The van der Waals surface area contributed by atoms with Gasteiger partial charge in [-0.2, -0.15) is 0 Å². The van der Waals surface area contributed by atoms with Gasteiger partial charge in [0.2, 0.25) is 0 Å². The fraction of sp³-hybridized carbons (Fsp3) is 0.133. The summed E-state index contributed by atoms with van der Waals surface area (Å²) in [5.74, 6) is 0. The fourth-order valence-corrected chi connectivity index (χ4v) is 2.03. The van der Waals surface area contributed by atoms with Crippen molar-refractivity contribution in [3.63, 3.8) is 0 Å². The van der Waals surface area contributed by atoms with Crippen LogP contribution in [0.2, 0.25) is 0 Å². The van der Waals surface area contributed by atoms with Gasteiger partial charge in [0.05, 0.1) is 5.69 Å². The number of carbonyl (C=O) groups excluding carboxylic acids is 1. The van der Waals surface area contributed by atoms with E-state index in [9.17, 15) is 4.79 Å². The highest BCUT2D eigenvalue weighted by Crippen LogP contribution is 2.20. The summed E-state index contributed by atoms with van der Waals surface area (Å²) in [6.07, 6.45) is 0. The molecule has 0 aliphatic heterocycles. The van der Waals surface area contributed by atoms with Crippen molar-refractivity contribution >= 4 is 30.0 Å². The predicted octanol–water partition coefficient (Wildman–Crippen LogP) is 4.24. The summed E-state index contributed by atoms with van der Waals surface area (Å²) in [7, 11) is 0. The molecule has 0 radical (unpaired) electrons. The van der Waals surface area contributed by atoms with Crippen molar-refractivity contribution in [1.82, 2.24) is 0 Å². The third kappa shape index (κ3) is 3.51. The van der Waals surface area contributed by atoms with Gasteiger partial charge in [-0.3, -0.25) is 0 Å². The van der Waals surface area contributed by atoms with Crippen LogP contribution < -0.4 is 10.6 Å². The fourth-order valence-electron chi connectivity index (χ4n) is 1.81. The van der Waals surface area contributed by atoms with Crippen molar-refractivity contribution in [2.24, 2.45) is 0 Å². The molecule has 2 rings (SSSR count). The Labute approximate surface area is 118 Å². The number of rotatable bonds is 2. The maximum absolute atomic E-state index is 11.9. The van der Waals surface area contributed by atoms with E-state index in [0.29, 0.717) is 5.69 Å². The second-order valence-electron chi connectivity index (χ2n) is 4.41. The van der Waals surface area contributed by atoms with Gasteiger partial charge in [0, 0.05) is 10.6 Å². The molecular weight excluding hydrogens is 256 g/mol. The number of para-hydroxylation sites is 1. The minimum Gasteiger partial charge on any atom is -0.307 e. The number of nitrogens with one attached hydrogen (secondary N) is 2. The van der Waals surface area contributed by atoms with E-state index in [-0.39, 0.29) is 6.03 Å². The van der Waals surface area contributed by atoms with E-state index in [0.717, 1.165) is 16.1 Å². The summed E-state index contributed by atoms with van der Waals surface area (Å²) in [5, 5.41) is 5.60. The van der Waals surface area contributed by atoms with Crippen molar-refractivity contribution in [1.29, 1.82) is 0 Å². The van der Waals surface area contributed by atoms with E-state index in [2.05, 4.69) is 23.3 Å². The number of hydrogen-bond donors (Lipinski definition) is 3. The first-order valence-electron chi connectivity index (χ1n) is 5.99. The SMILES string of the molecule is Cc1ccc(NC(=O)Nc2ccccc2S)c(C)c1. The van der Waals surface area contributed by atoms with Crippen LogP contribution in [0.4, 0.5) is 16.2 Å². The van der Waals surface area contributed by atoms with E-state index in [4.69, 9.17) is 0 Å². The van der Waals surface area contributed by atoms with E-state index in [1.807, 2.05) is 56.3 Å². The highest BCUT2D eigenvalue weighted by molar-refractivity contribution is 7.80. The molecule has 3 nitrogen and oxygen atoms in total. The lowest BCUT2D eigenvalue weighted by atomic mass is 10.1. The number of thiol groups is 1. The van der Waals surface area contributed by atoms with Crippen LogP contribution in [0.15, 0.2) is 47.4 Å². The van der Waals surface area contributed by atoms with Gasteiger partial charge in [-0.1, -0.05) is 29.8 Å². The van der Waals surface area contributed by atoms with Gasteiger partial charge in [0.25, 0.3) is 0 Å². The first-order chi connectivity index (χ1) is 9.06. The van der Waals surface area contributed by atoms with Crippen LogP contribution >= 0.6 is 12.6 Å². The Morgan fingerprint density at radius 3 is 2.37 bits per heavy atom. The second-order valence-corrected chi connectivity index (χ2v) is 4.90. The number of carbonyl (C=O) groups is 1. The van der Waals surface area contributed by atoms with Crippen LogP contribution in [0.25, 0.3) is 0 Å². The molecule has 0 fully saturated rings. The molecule has 19 heavy (non-hydrogen) atoms. The normalized spacial score (nSPS) is 10.1. The lowest BCUT2D eigenvalue weighted by Gasteiger charge is -2.11. The maximum Gasteiger partial charge on any atom is 0.323 e. The van der Waals surface area contributed by atoms with Crippen molar-refractivity contribution in [2.75, 3.05) is 10.6 Å². The number of urea groups is 1. The van der Waals surface area contributed by atoms with Crippen LogP contribution in [0.3, 0.4) is 0 Å². The standard InChI is InChI=1S/C15H16N2OS/c1-10-7-8-12(11(2)9-10)16-15(18)17-13-5-3-4-6-14(13)19/h3-9,19H,1-2H3,(H2,16,17,18). The van der Waals surface area contributed by atoms with Crippen molar-refractivity contribution in [3.05, 3.63) is 53.6 Å². The van der Waals surface area contributed by atoms with Gasteiger partial charge in [0.1, 0.15) is 0 Å². The van der Waals surface area contributed by atoms with Gasteiger partial charge >= 0.3 is 6.03 Å². The molecule has 0 unspecified atom stereocenters. The second kappa shape index (κ2) is 5.80. The van der Waals surface area contributed by atoms with Crippen LogP contribution in [-0.2, 0) is 0 Å². The molecule has 0 atom stereocenters. The minimum atomic E-state index is -0.270. The van der Waals surface area contributed by atoms with Gasteiger partial charge in [-0.15, -0.1) is 12.6 Å². The molecule has 0 heterocycles. The average Bonchev–Trinajstić information content (AvgIpc) is 2.36. The molecule has 0 saturated heterocycles. The Bertz CT molecular complexity index is 611. The summed E-state index contributed by atoms with van der Waals surface area (Å²) in [4.78, 5) is 12.6. The quantitative estimate of drug-likeness (QED) is 0.703. The molecule has 4 heteroatoms. The smallest absolute Gasteiger partial charge is 0.307 e. The van der Waals surface area contributed by atoms with Gasteiger partial charge < -0.3 is 10.6 Å². The predicted molar refractivity (Wildman–Crippen MR) is 82.3 cm³/mol. The summed E-state index contributed by atoms with van der Waals surface area (Å²) in [6.45, 7) is 3.99. The van der Waals surface area contributed by atoms with Crippen molar-refractivity contribution < 1.29 is 4.79 Å². The third-order valence-electron chi connectivity index (χ3n) is 2.78. The molecule has 2 N–H and O–H groups in total. The van der Waals surface area contributed by atoms with Gasteiger partial charge in [0.15, 0.2) is 0 Å². The molecule has 0 aromatic heterocycles. The van der Waals surface area contributed by atoms with Crippen LogP contribution in [-0.4, -0.2) is 6.03 Å². The Hall–Kier alpha value is -1.94. The summed E-state index contributed by atoms with van der Waals surface area (Å²) >= 11 is 4.29. The molecule has 0 bridgehead atoms. The van der Waals surface area contributed by atoms with Crippen LogP contribution in [0.1, 0.15) is 11.1 Å². The zero-order valence-electron chi connectivity index (χ0n) is 10.9. The van der Waals surface area contributed by atoms with Gasteiger partial charge in [-0.25, -0.2) is 4.79 Å². The third-order valence-corrected chi connectivity index (χ3v) is 3.17. The van der Waals surface area contributed by atoms with E-state index >= 15 is 0 Å². The lowest BCUT2D eigenvalue weighted by molar-refractivity contribution is 0.262. The van der Waals surface area contributed by atoms with Crippen molar-refractivity contribution in [2.45, 2.75) is 18.7 Å². The molecule has 0 aliphatic rings. The summed E-state index contributed by atoms with van der Waals surface area (Å²) in [5.41, 5.74) is 3.70. The van der Waals surface area contributed by atoms with Crippen molar-refractivity contribution in [3.8, 4) is 0 Å². The molecule has 0 saturated carbocycles. The van der Waals surface area contributed by atoms with E-state index in [1.54, 1.807) is 0 Å². The highest BCUT2D eigenvalue weighted by Gasteiger charge is 2.06. The van der Waals surface area contributed by atoms with Gasteiger partial charge in [-0.05, 0) is 37.6 Å². The zero-order chi connectivity index (χ0) is 13.8. The van der Waals surface area contributed by atoms with Crippen LogP contribution in [0, 0.1) is 13.8 Å². The minimum absolute atomic E-state index is 0.270. The largest absolute Gasteiger partial charge is 0.323 e. The number of hydrogen-bond acceptors (Lipinski definition) is 2. The molecule has 0 aliphatic carbocycles. The molecule has 2 amide bonds. The number of benzene rings is 2. The average molecular weight is 272 g/mol. The number of aryl methyl sites for hydroxylation is 2. The molecule has 2 aromatic carbocycles. The summed E-state index contributed by atoms with van der Waals surface area (Å²) < 4.78 is 0. The zero-order valence-corrected chi connectivity index (χ0v) is 11.8.